The number of hydrogen-bond donors (Lipinski definition) is 1. The Morgan fingerprint density at radius 3 is 2.43 bits per heavy atom. The number of rotatable bonds is 8. The van der Waals surface area contributed by atoms with E-state index in [9.17, 15) is 9.59 Å². The second kappa shape index (κ2) is 10.6. The topological polar surface area (TPSA) is 90.0 Å². The smallest absolute Gasteiger partial charge is 0.227 e. The Labute approximate surface area is 214 Å². The average molecular weight is 498 g/mol. The van der Waals surface area contributed by atoms with E-state index in [1.54, 1.807) is 49.6 Å². The first-order valence-corrected chi connectivity index (χ1v) is 12.0. The third kappa shape index (κ3) is 5.18. The number of fused-ring (bicyclic) bond motifs is 1. The minimum Gasteiger partial charge on any atom is -0.493 e. The average Bonchev–Trinajstić information content (AvgIpc) is 3.33. The fourth-order valence-corrected chi connectivity index (χ4v) is 4.42. The van der Waals surface area contributed by atoms with Gasteiger partial charge in [0.15, 0.2) is 11.5 Å². The van der Waals surface area contributed by atoms with Crippen molar-refractivity contribution in [3.8, 4) is 23.0 Å². The van der Waals surface area contributed by atoms with Gasteiger partial charge < -0.3 is 24.4 Å². The van der Waals surface area contributed by atoms with Crippen molar-refractivity contribution in [2.45, 2.75) is 13.0 Å². The molecule has 1 unspecified atom stereocenters. The van der Waals surface area contributed by atoms with E-state index in [1.807, 2.05) is 48.5 Å². The molecule has 0 radical (unpaired) electrons. The maximum Gasteiger partial charge on any atom is 0.227 e. The van der Waals surface area contributed by atoms with Crippen molar-refractivity contribution < 1.29 is 23.8 Å². The number of hydrogen-bond acceptors (Lipinski definition) is 6. The molecular weight excluding hydrogens is 470 g/mol. The lowest BCUT2D eigenvalue weighted by molar-refractivity contribution is -0.126. The Hall–Kier alpha value is -4.59. The molecule has 1 atom stereocenters. The minimum absolute atomic E-state index is 0.0744. The number of anilines is 1. The van der Waals surface area contributed by atoms with Crippen LogP contribution in [0.5, 0.6) is 23.0 Å². The SMILES string of the molecule is COc1cc2nccc(Oc3ccc(N4CC(C(=O)NCc5ccccc5)CC4=O)cc3)c2cc1OC. The number of pyridine rings is 1. The van der Waals surface area contributed by atoms with Crippen molar-refractivity contribution in [2.75, 3.05) is 25.7 Å². The normalized spacial score (nSPS) is 15.0. The van der Waals surface area contributed by atoms with E-state index in [1.165, 1.54) is 0 Å². The summed E-state index contributed by atoms with van der Waals surface area (Å²) in [6.45, 7) is 0.787. The maximum absolute atomic E-state index is 12.7. The standard InChI is InChI=1S/C29H27N3O5/c1-35-26-15-23-24(16-27(26)36-2)30-13-12-25(23)37-22-10-8-21(9-11-22)32-18-20(14-28(32)33)29(34)31-17-19-6-4-3-5-7-19/h3-13,15-16,20H,14,17-18H2,1-2H3,(H,31,34). The van der Waals surface area contributed by atoms with Crippen molar-refractivity contribution in [3.63, 3.8) is 0 Å². The highest BCUT2D eigenvalue weighted by Gasteiger charge is 2.35. The number of amides is 2. The molecule has 8 heteroatoms. The van der Waals surface area contributed by atoms with Crippen LogP contribution in [-0.4, -0.2) is 37.6 Å². The second-order valence-electron chi connectivity index (χ2n) is 8.74. The summed E-state index contributed by atoms with van der Waals surface area (Å²) in [5, 5.41) is 3.72. The lowest BCUT2D eigenvalue weighted by Crippen LogP contribution is -2.32. The van der Waals surface area contributed by atoms with Crippen molar-refractivity contribution >= 4 is 28.4 Å². The van der Waals surface area contributed by atoms with E-state index in [4.69, 9.17) is 14.2 Å². The molecule has 1 aliphatic heterocycles. The van der Waals surface area contributed by atoms with Gasteiger partial charge in [-0.3, -0.25) is 14.6 Å². The van der Waals surface area contributed by atoms with E-state index in [2.05, 4.69) is 10.3 Å². The molecule has 0 aliphatic carbocycles. The molecule has 1 N–H and O–H groups in total. The molecule has 0 bridgehead atoms. The summed E-state index contributed by atoms with van der Waals surface area (Å²) in [6, 6.07) is 22.4. The highest BCUT2D eigenvalue weighted by atomic mass is 16.5. The number of carbonyl (C=O) groups excluding carboxylic acids is 2. The van der Waals surface area contributed by atoms with Gasteiger partial charge >= 0.3 is 0 Å². The molecule has 188 valence electrons. The Morgan fingerprint density at radius 1 is 0.973 bits per heavy atom. The van der Waals surface area contributed by atoms with Crippen LogP contribution in [0.4, 0.5) is 5.69 Å². The van der Waals surface area contributed by atoms with Crippen molar-refractivity contribution in [3.05, 3.63) is 84.6 Å². The first kappa shape index (κ1) is 24.1. The first-order chi connectivity index (χ1) is 18.1. The predicted molar refractivity (Wildman–Crippen MR) is 140 cm³/mol. The predicted octanol–water partition coefficient (Wildman–Crippen LogP) is 4.71. The van der Waals surface area contributed by atoms with E-state index in [0.717, 1.165) is 16.6 Å². The van der Waals surface area contributed by atoms with Gasteiger partial charge in [0.25, 0.3) is 0 Å². The van der Waals surface area contributed by atoms with E-state index < -0.39 is 0 Å². The molecule has 2 heterocycles. The Kier molecular flexibility index (Phi) is 6.89. The maximum atomic E-state index is 12.7. The molecule has 2 amide bonds. The molecule has 37 heavy (non-hydrogen) atoms. The Morgan fingerprint density at radius 2 is 1.70 bits per heavy atom. The number of nitrogens with zero attached hydrogens (tertiary/aromatic N) is 2. The second-order valence-corrected chi connectivity index (χ2v) is 8.74. The van der Waals surface area contributed by atoms with Gasteiger partial charge in [0.1, 0.15) is 11.5 Å². The Bertz CT molecular complexity index is 1420. The van der Waals surface area contributed by atoms with Crippen LogP contribution in [0, 0.1) is 5.92 Å². The molecule has 3 aromatic carbocycles. The monoisotopic (exact) mass is 497 g/mol. The Balaban J connectivity index is 1.26. The van der Waals surface area contributed by atoms with Gasteiger partial charge in [-0.05, 0) is 42.0 Å². The quantitative estimate of drug-likeness (QED) is 0.379. The fourth-order valence-electron chi connectivity index (χ4n) is 4.42. The van der Waals surface area contributed by atoms with Crippen LogP contribution in [0.25, 0.3) is 10.9 Å². The van der Waals surface area contributed by atoms with Crippen LogP contribution < -0.4 is 24.4 Å². The summed E-state index contributed by atoms with van der Waals surface area (Å²) >= 11 is 0. The van der Waals surface area contributed by atoms with E-state index >= 15 is 0 Å². The summed E-state index contributed by atoms with van der Waals surface area (Å²) in [5.74, 6) is 1.82. The summed E-state index contributed by atoms with van der Waals surface area (Å²) in [6.07, 6.45) is 1.86. The third-order valence-corrected chi connectivity index (χ3v) is 6.39. The largest absolute Gasteiger partial charge is 0.493 e. The highest BCUT2D eigenvalue weighted by molar-refractivity contribution is 6.00. The van der Waals surface area contributed by atoms with E-state index in [-0.39, 0.29) is 24.2 Å². The number of methoxy groups -OCH3 is 2. The zero-order valence-electron chi connectivity index (χ0n) is 20.6. The van der Waals surface area contributed by atoms with Gasteiger partial charge in [0.2, 0.25) is 11.8 Å². The zero-order chi connectivity index (χ0) is 25.8. The number of carbonyl (C=O) groups is 2. The van der Waals surface area contributed by atoms with Crippen molar-refractivity contribution in [1.82, 2.24) is 10.3 Å². The molecule has 8 nitrogen and oxygen atoms in total. The van der Waals surface area contributed by atoms with E-state index in [0.29, 0.717) is 41.6 Å². The molecule has 1 fully saturated rings. The van der Waals surface area contributed by atoms with Crippen LogP contribution in [0.15, 0.2) is 79.0 Å². The van der Waals surface area contributed by atoms with Crippen LogP contribution in [0.3, 0.4) is 0 Å². The zero-order valence-corrected chi connectivity index (χ0v) is 20.6. The summed E-state index contributed by atoms with van der Waals surface area (Å²) < 4.78 is 16.9. The van der Waals surface area contributed by atoms with Gasteiger partial charge in [-0.1, -0.05) is 30.3 Å². The molecule has 1 aliphatic rings. The molecule has 5 rings (SSSR count). The molecule has 0 saturated carbocycles. The van der Waals surface area contributed by atoms with Crippen LogP contribution in [0.2, 0.25) is 0 Å². The van der Waals surface area contributed by atoms with Crippen molar-refractivity contribution in [2.24, 2.45) is 5.92 Å². The van der Waals surface area contributed by atoms with Crippen LogP contribution >= 0.6 is 0 Å². The number of nitrogens with one attached hydrogen (secondary N) is 1. The van der Waals surface area contributed by atoms with Gasteiger partial charge in [-0.15, -0.1) is 0 Å². The molecule has 0 spiro atoms. The van der Waals surface area contributed by atoms with Gasteiger partial charge in [0, 0.05) is 42.8 Å². The van der Waals surface area contributed by atoms with Gasteiger partial charge in [-0.25, -0.2) is 0 Å². The molecule has 4 aromatic rings. The first-order valence-electron chi connectivity index (χ1n) is 12.0. The number of benzene rings is 3. The fraction of sp³-hybridized carbons (Fsp3) is 0.207. The molecular formula is C29H27N3O5. The van der Waals surface area contributed by atoms with Crippen LogP contribution in [0.1, 0.15) is 12.0 Å². The van der Waals surface area contributed by atoms with Gasteiger partial charge in [-0.2, -0.15) is 0 Å². The summed E-state index contributed by atoms with van der Waals surface area (Å²) in [5.41, 5.74) is 2.46. The highest BCUT2D eigenvalue weighted by Crippen LogP contribution is 2.37. The molecule has 1 aromatic heterocycles. The van der Waals surface area contributed by atoms with Crippen molar-refractivity contribution in [1.29, 1.82) is 0 Å². The van der Waals surface area contributed by atoms with Gasteiger partial charge in [0.05, 0.1) is 25.7 Å². The minimum atomic E-state index is -0.387. The lowest BCUT2D eigenvalue weighted by atomic mass is 10.1. The number of aromatic nitrogens is 1. The lowest BCUT2D eigenvalue weighted by Gasteiger charge is -2.17. The van der Waals surface area contributed by atoms with Crippen LogP contribution in [-0.2, 0) is 16.1 Å². The third-order valence-electron chi connectivity index (χ3n) is 6.39. The summed E-state index contributed by atoms with van der Waals surface area (Å²) in [4.78, 5) is 31.4. The molecule has 1 saturated heterocycles. The summed E-state index contributed by atoms with van der Waals surface area (Å²) in [7, 11) is 3.16. The number of ether oxygens (including phenoxy) is 3.